The highest BCUT2D eigenvalue weighted by Gasteiger charge is 2.51. The summed E-state index contributed by atoms with van der Waals surface area (Å²) >= 11 is 0. The van der Waals surface area contributed by atoms with Gasteiger partial charge in [0.1, 0.15) is 0 Å². The monoisotopic (exact) mass is 295 g/mol. The lowest BCUT2D eigenvalue weighted by atomic mass is 9.49. The van der Waals surface area contributed by atoms with E-state index in [1.54, 1.807) is 7.11 Å². The molecule has 1 atom stereocenters. The topological polar surface area (TPSA) is 58.6 Å². The van der Waals surface area contributed by atoms with Gasteiger partial charge in [0.15, 0.2) is 0 Å². The Kier molecular flexibility index (Phi) is 4.55. The Bertz CT molecular complexity index is 347. The molecule has 0 aromatic rings. The van der Waals surface area contributed by atoms with Gasteiger partial charge in [0, 0.05) is 20.1 Å². The molecule has 4 bridgehead atoms. The largest absolute Gasteiger partial charge is 0.391 e. The molecule has 0 aromatic heterocycles. The Morgan fingerprint density at radius 1 is 1.24 bits per heavy atom. The van der Waals surface area contributed by atoms with Crippen LogP contribution in [0.2, 0.25) is 0 Å². The van der Waals surface area contributed by atoms with E-state index in [4.69, 9.17) is 4.74 Å². The Morgan fingerprint density at radius 2 is 1.81 bits per heavy atom. The van der Waals surface area contributed by atoms with Crippen LogP contribution in [0.1, 0.15) is 51.4 Å². The molecular weight excluding hydrogens is 266 g/mol. The molecule has 4 aliphatic rings. The Labute approximate surface area is 127 Å². The standard InChI is InChI=1S/C17H29NO3/c1-21-11-15(19)2-3-18-16(20)10-17-7-12-4-13(8-17)6-14(5-12)9-17/h12-15,19H,2-11H2,1H3,(H,18,20). The molecule has 120 valence electrons. The lowest BCUT2D eigenvalue weighted by Gasteiger charge is -2.56. The highest BCUT2D eigenvalue weighted by Crippen LogP contribution is 2.61. The smallest absolute Gasteiger partial charge is 0.220 e. The van der Waals surface area contributed by atoms with E-state index in [0.29, 0.717) is 31.4 Å². The van der Waals surface area contributed by atoms with Crippen molar-refractivity contribution in [2.24, 2.45) is 23.2 Å². The van der Waals surface area contributed by atoms with Crippen molar-refractivity contribution >= 4 is 5.91 Å². The number of aliphatic hydroxyl groups excluding tert-OH is 1. The summed E-state index contributed by atoms with van der Waals surface area (Å²) < 4.78 is 4.89. The number of amides is 1. The first-order chi connectivity index (χ1) is 10.1. The lowest BCUT2D eigenvalue weighted by molar-refractivity contribution is -0.129. The van der Waals surface area contributed by atoms with E-state index in [0.717, 1.165) is 17.8 Å². The van der Waals surface area contributed by atoms with Crippen molar-refractivity contribution in [3.05, 3.63) is 0 Å². The van der Waals surface area contributed by atoms with Gasteiger partial charge >= 0.3 is 0 Å². The minimum atomic E-state index is -0.477. The molecule has 4 fully saturated rings. The second kappa shape index (κ2) is 6.25. The van der Waals surface area contributed by atoms with Gasteiger partial charge in [-0.05, 0) is 68.1 Å². The fourth-order valence-corrected chi connectivity index (χ4v) is 5.56. The van der Waals surface area contributed by atoms with E-state index in [2.05, 4.69) is 5.32 Å². The molecule has 4 rings (SSSR count). The third-order valence-corrected chi connectivity index (χ3v) is 5.86. The average molecular weight is 295 g/mol. The summed E-state index contributed by atoms with van der Waals surface area (Å²) in [5.74, 6) is 2.87. The Hall–Kier alpha value is -0.610. The fourth-order valence-electron chi connectivity index (χ4n) is 5.56. The number of carbonyl (C=O) groups excluding carboxylic acids is 1. The number of hydrogen-bond donors (Lipinski definition) is 2. The maximum Gasteiger partial charge on any atom is 0.220 e. The van der Waals surface area contributed by atoms with Crippen LogP contribution in [-0.2, 0) is 9.53 Å². The second-order valence-electron chi connectivity index (χ2n) is 7.84. The minimum absolute atomic E-state index is 0.182. The lowest BCUT2D eigenvalue weighted by Crippen LogP contribution is -2.48. The van der Waals surface area contributed by atoms with Gasteiger partial charge in [-0.3, -0.25) is 4.79 Å². The van der Waals surface area contributed by atoms with Crippen molar-refractivity contribution < 1.29 is 14.6 Å². The van der Waals surface area contributed by atoms with Crippen LogP contribution in [0.15, 0.2) is 0 Å². The second-order valence-corrected chi connectivity index (χ2v) is 7.84. The maximum atomic E-state index is 12.2. The van der Waals surface area contributed by atoms with E-state index in [-0.39, 0.29) is 5.91 Å². The molecule has 4 heteroatoms. The van der Waals surface area contributed by atoms with Crippen LogP contribution in [0.3, 0.4) is 0 Å². The molecule has 0 saturated heterocycles. The highest BCUT2D eigenvalue weighted by molar-refractivity contribution is 5.76. The molecule has 4 aliphatic carbocycles. The molecule has 21 heavy (non-hydrogen) atoms. The summed E-state index contributed by atoms with van der Waals surface area (Å²) in [5.41, 5.74) is 0.310. The summed E-state index contributed by atoms with van der Waals surface area (Å²) in [6.45, 7) is 0.889. The normalized spacial score (nSPS) is 38.5. The third-order valence-electron chi connectivity index (χ3n) is 5.86. The zero-order valence-electron chi connectivity index (χ0n) is 13.1. The zero-order chi connectivity index (χ0) is 14.9. The van der Waals surface area contributed by atoms with Crippen LogP contribution in [-0.4, -0.2) is 37.4 Å². The SMILES string of the molecule is COCC(O)CCNC(=O)CC12CC3CC(CC(C3)C1)C2. The van der Waals surface area contributed by atoms with Crippen LogP contribution in [0.5, 0.6) is 0 Å². The van der Waals surface area contributed by atoms with Gasteiger partial charge < -0.3 is 15.2 Å². The molecule has 0 aliphatic heterocycles. The number of rotatable bonds is 7. The van der Waals surface area contributed by atoms with Gasteiger partial charge in [0.25, 0.3) is 0 Å². The van der Waals surface area contributed by atoms with E-state index in [1.165, 1.54) is 38.5 Å². The van der Waals surface area contributed by atoms with Crippen molar-refractivity contribution in [1.82, 2.24) is 5.32 Å². The van der Waals surface area contributed by atoms with Crippen LogP contribution in [0.4, 0.5) is 0 Å². The van der Waals surface area contributed by atoms with Gasteiger partial charge in [-0.2, -0.15) is 0 Å². The zero-order valence-corrected chi connectivity index (χ0v) is 13.1. The summed E-state index contributed by atoms with van der Waals surface area (Å²) in [7, 11) is 1.58. The van der Waals surface area contributed by atoms with Gasteiger partial charge in [0.2, 0.25) is 5.91 Å². The molecule has 0 radical (unpaired) electrons. The predicted octanol–water partition coefficient (Wildman–Crippen LogP) is 2.11. The average Bonchev–Trinajstić information content (AvgIpc) is 2.36. The number of ether oxygens (including phenoxy) is 1. The van der Waals surface area contributed by atoms with E-state index in [9.17, 15) is 9.90 Å². The molecule has 0 aromatic carbocycles. The first-order valence-corrected chi connectivity index (χ1v) is 8.52. The predicted molar refractivity (Wildman–Crippen MR) is 80.7 cm³/mol. The van der Waals surface area contributed by atoms with Crippen molar-refractivity contribution in [2.75, 3.05) is 20.3 Å². The van der Waals surface area contributed by atoms with Crippen LogP contribution in [0.25, 0.3) is 0 Å². The van der Waals surface area contributed by atoms with Gasteiger partial charge in [-0.15, -0.1) is 0 Å². The van der Waals surface area contributed by atoms with Gasteiger partial charge in [-0.1, -0.05) is 0 Å². The number of carbonyl (C=O) groups is 1. The van der Waals surface area contributed by atoms with Crippen LogP contribution in [0, 0.1) is 23.2 Å². The van der Waals surface area contributed by atoms with E-state index >= 15 is 0 Å². The summed E-state index contributed by atoms with van der Waals surface area (Å²) in [6, 6.07) is 0. The number of hydrogen-bond acceptors (Lipinski definition) is 3. The molecule has 4 saturated carbocycles. The number of methoxy groups -OCH3 is 1. The first-order valence-electron chi connectivity index (χ1n) is 8.52. The maximum absolute atomic E-state index is 12.2. The molecular formula is C17H29NO3. The summed E-state index contributed by atoms with van der Waals surface area (Å²) in [5, 5.41) is 12.6. The minimum Gasteiger partial charge on any atom is -0.391 e. The van der Waals surface area contributed by atoms with Gasteiger partial charge in [-0.25, -0.2) is 0 Å². The first kappa shape index (κ1) is 15.3. The van der Waals surface area contributed by atoms with Crippen molar-refractivity contribution in [2.45, 2.75) is 57.5 Å². The van der Waals surface area contributed by atoms with E-state index < -0.39 is 6.10 Å². The molecule has 0 spiro atoms. The van der Waals surface area contributed by atoms with Crippen LogP contribution >= 0.6 is 0 Å². The summed E-state index contributed by atoms with van der Waals surface area (Å²) in [6.07, 6.45) is 8.89. The van der Waals surface area contributed by atoms with Crippen molar-refractivity contribution in [3.63, 3.8) is 0 Å². The highest BCUT2D eigenvalue weighted by atomic mass is 16.5. The molecule has 1 amide bonds. The summed E-state index contributed by atoms with van der Waals surface area (Å²) in [4.78, 5) is 12.2. The van der Waals surface area contributed by atoms with Crippen LogP contribution < -0.4 is 5.32 Å². The molecule has 0 heterocycles. The Morgan fingerprint density at radius 3 is 2.33 bits per heavy atom. The molecule has 4 nitrogen and oxygen atoms in total. The Balaban J connectivity index is 1.44. The third kappa shape index (κ3) is 3.59. The number of aliphatic hydroxyl groups is 1. The van der Waals surface area contributed by atoms with E-state index in [1.807, 2.05) is 0 Å². The van der Waals surface area contributed by atoms with Crippen molar-refractivity contribution in [3.8, 4) is 0 Å². The molecule has 2 N–H and O–H groups in total. The van der Waals surface area contributed by atoms with Crippen molar-refractivity contribution in [1.29, 1.82) is 0 Å². The van der Waals surface area contributed by atoms with Gasteiger partial charge in [0.05, 0.1) is 12.7 Å². The fraction of sp³-hybridized carbons (Fsp3) is 0.941. The quantitative estimate of drug-likeness (QED) is 0.756. The molecule has 1 unspecified atom stereocenters. The number of nitrogens with one attached hydrogen (secondary N) is 1.